The van der Waals surface area contributed by atoms with Crippen LogP contribution in [0.15, 0.2) is 24.3 Å². The van der Waals surface area contributed by atoms with Gasteiger partial charge in [-0.25, -0.2) is 0 Å². The van der Waals surface area contributed by atoms with E-state index < -0.39 is 0 Å². The molecule has 1 aliphatic carbocycles. The van der Waals surface area contributed by atoms with Crippen molar-refractivity contribution in [2.24, 2.45) is 11.7 Å². The molecule has 0 saturated heterocycles. The molecule has 1 saturated carbocycles. The fourth-order valence-corrected chi connectivity index (χ4v) is 3.70. The zero-order valence-corrected chi connectivity index (χ0v) is 16.6. The summed E-state index contributed by atoms with van der Waals surface area (Å²) >= 11 is 6.32. The van der Waals surface area contributed by atoms with E-state index in [-0.39, 0.29) is 17.7 Å². The van der Waals surface area contributed by atoms with Crippen molar-refractivity contribution in [3.05, 3.63) is 34.9 Å². The van der Waals surface area contributed by atoms with Crippen LogP contribution in [0, 0.1) is 5.92 Å². The van der Waals surface area contributed by atoms with E-state index in [2.05, 4.69) is 5.32 Å². The van der Waals surface area contributed by atoms with Crippen LogP contribution in [0.5, 0.6) is 0 Å². The number of nitrogens with one attached hydrogen (secondary N) is 1. The Kier molecular flexibility index (Phi) is 10.7. The summed E-state index contributed by atoms with van der Waals surface area (Å²) < 4.78 is 16.1. The molecule has 0 heterocycles. The molecule has 2 atom stereocenters. The third-order valence-corrected chi connectivity index (χ3v) is 5.05. The molecule has 0 radical (unpaired) electrons. The Morgan fingerprint density at radius 3 is 2.41 bits per heavy atom. The maximum Gasteiger partial charge on any atom is 0.223 e. The SMILES string of the molecule is NCCOCCOCCOCCNC(=O)C1CCCC1c1ccccc1Cl. The maximum atomic E-state index is 12.5. The van der Waals surface area contributed by atoms with Crippen LogP contribution >= 0.6 is 11.6 Å². The van der Waals surface area contributed by atoms with Crippen LogP contribution in [0.25, 0.3) is 0 Å². The molecule has 0 spiro atoms. The Morgan fingerprint density at radius 1 is 1.04 bits per heavy atom. The van der Waals surface area contributed by atoms with Gasteiger partial charge >= 0.3 is 0 Å². The molecular formula is C20H31ClN2O4. The Hall–Kier alpha value is -1.18. The predicted octanol–water partition coefficient (Wildman–Crippen LogP) is 2.35. The van der Waals surface area contributed by atoms with E-state index in [1.807, 2.05) is 24.3 Å². The highest BCUT2D eigenvalue weighted by Gasteiger charge is 2.34. The molecule has 152 valence electrons. The standard InChI is InChI=1S/C20H31ClN2O4/c21-19-7-2-1-4-17(19)16-5-3-6-18(16)20(24)23-9-11-26-13-15-27-14-12-25-10-8-22/h1-2,4,7,16,18H,3,5-6,8-15,22H2,(H,23,24). The van der Waals surface area contributed by atoms with Gasteiger partial charge in [0.25, 0.3) is 0 Å². The van der Waals surface area contributed by atoms with Gasteiger partial charge in [0.2, 0.25) is 5.91 Å². The summed E-state index contributed by atoms with van der Waals surface area (Å²) in [6.07, 6.45) is 2.96. The summed E-state index contributed by atoms with van der Waals surface area (Å²) in [6, 6.07) is 7.83. The number of hydrogen-bond acceptors (Lipinski definition) is 5. The highest BCUT2D eigenvalue weighted by Crippen LogP contribution is 2.42. The Labute approximate surface area is 166 Å². The quantitative estimate of drug-likeness (QED) is 0.498. The van der Waals surface area contributed by atoms with Crippen LogP contribution < -0.4 is 11.1 Å². The lowest BCUT2D eigenvalue weighted by Gasteiger charge is -2.20. The van der Waals surface area contributed by atoms with Gasteiger partial charge in [0, 0.05) is 24.0 Å². The lowest BCUT2D eigenvalue weighted by molar-refractivity contribution is -0.125. The van der Waals surface area contributed by atoms with Gasteiger partial charge in [-0.1, -0.05) is 36.2 Å². The largest absolute Gasteiger partial charge is 0.378 e. The van der Waals surface area contributed by atoms with Crippen molar-refractivity contribution in [3.8, 4) is 0 Å². The summed E-state index contributed by atoms with van der Waals surface area (Å²) in [5.41, 5.74) is 6.40. The zero-order chi connectivity index (χ0) is 19.3. The van der Waals surface area contributed by atoms with Gasteiger partial charge in [-0.2, -0.15) is 0 Å². The van der Waals surface area contributed by atoms with Crippen LogP contribution in [0.2, 0.25) is 5.02 Å². The second-order valence-corrected chi connectivity index (χ2v) is 6.99. The Balaban J connectivity index is 1.57. The molecule has 1 fully saturated rings. The minimum absolute atomic E-state index is 0.0123. The molecule has 2 rings (SSSR count). The fraction of sp³-hybridized carbons (Fsp3) is 0.650. The molecule has 1 amide bonds. The molecular weight excluding hydrogens is 368 g/mol. The number of nitrogens with two attached hydrogens (primary N) is 1. The third kappa shape index (κ3) is 7.76. The number of benzene rings is 1. The van der Waals surface area contributed by atoms with Crippen molar-refractivity contribution in [1.29, 1.82) is 0 Å². The van der Waals surface area contributed by atoms with Gasteiger partial charge in [-0.15, -0.1) is 0 Å². The van der Waals surface area contributed by atoms with Gasteiger partial charge < -0.3 is 25.3 Å². The van der Waals surface area contributed by atoms with Crippen LogP contribution in [-0.4, -0.2) is 58.6 Å². The van der Waals surface area contributed by atoms with Crippen molar-refractivity contribution in [1.82, 2.24) is 5.32 Å². The zero-order valence-electron chi connectivity index (χ0n) is 15.8. The normalized spacial score (nSPS) is 19.3. The van der Waals surface area contributed by atoms with Crippen LogP contribution in [0.4, 0.5) is 0 Å². The second kappa shape index (κ2) is 13.1. The maximum absolute atomic E-state index is 12.5. The van der Waals surface area contributed by atoms with Crippen molar-refractivity contribution in [2.45, 2.75) is 25.2 Å². The molecule has 1 aromatic carbocycles. The van der Waals surface area contributed by atoms with E-state index in [9.17, 15) is 4.79 Å². The molecule has 7 heteroatoms. The summed E-state index contributed by atoms with van der Waals surface area (Å²) in [5.74, 6) is 0.283. The lowest BCUT2D eigenvalue weighted by Crippen LogP contribution is -2.34. The van der Waals surface area contributed by atoms with E-state index >= 15 is 0 Å². The number of amides is 1. The van der Waals surface area contributed by atoms with E-state index in [1.165, 1.54) is 0 Å². The minimum atomic E-state index is -0.0123. The number of ether oxygens (including phenoxy) is 3. The molecule has 2 unspecified atom stereocenters. The average Bonchev–Trinajstić information content (AvgIpc) is 3.16. The summed E-state index contributed by atoms with van der Waals surface area (Å²) in [5, 5.41) is 3.74. The molecule has 27 heavy (non-hydrogen) atoms. The predicted molar refractivity (Wildman–Crippen MR) is 106 cm³/mol. The van der Waals surface area contributed by atoms with Gasteiger partial charge in [0.05, 0.1) is 39.6 Å². The Morgan fingerprint density at radius 2 is 1.70 bits per heavy atom. The van der Waals surface area contributed by atoms with Gasteiger partial charge in [0.1, 0.15) is 0 Å². The second-order valence-electron chi connectivity index (χ2n) is 6.58. The topological polar surface area (TPSA) is 82.8 Å². The van der Waals surface area contributed by atoms with Crippen LogP contribution in [0.3, 0.4) is 0 Å². The van der Waals surface area contributed by atoms with Crippen LogP contribution in [0.1, 0.15) is 30.7 Å². The van der Waals surface area contributed by atoms with Crippen molar-refractivity contribution in [2.75, 3.05) is 52.7 Å². The molecule has 3 N–H and O–H groups in total. The van der Waals surface area contributed by atoms with Gasteiger partial charge in [-0.3, -0.25) is 4.79 Å². The first-order valence-electron chi connectivity index (χ1n) is 9.69. The highest BCUT2D eigenvalue weighted by molar-refractivity contribution is 6.31. The molecule has 1 aliphatic rings. The van der Waals surface area contributed by atoms with Crippen molar-refractivity contribution in [3.63, 3.8) is 0 Å². The summed E-state index contributed by atoms with van der Waals surface area (Å²) in [4.78, 5) is 12.5. The summed E-state index contributed by atoms with van der Waals surface area (Å²) in [7, 11) is 0. The Bertz CT molecular complexity index is 559. The fourth-order valence-electron chi connectivity index (χ4n) is 3.42. The molecule has 0 aliphatic heterocycles. The molecule has 0 bridgehead atoms. The monoisotopic (exact) mass is 398 g/mol. The van der Waals surface area contributed by atoms with Gasteiger partial charge in [0.15, 0.2) is 0 Å². The lowest BCUT2D eigenvalue weighted by atomic mass is 9.88. The van der Waals surface area contributed by atoms with E-state index in [0.29, 0.717) is 52.7 Å². The molecule has 0 aromatic heterocycles. The number of rotatable bonds is 13. The molecule has 1 aromatic rings. The average molecular weight is 399 g/mol. The van der Waals surface area contributed by atoms with Crippen molar-refractivity contribution < 1.29 is 19.0 Å². The van der Waals surface area contributed by atoms with Gasteiger partial charge in [-0.05, 0) is 30.4 Å². The van der Waals surface area contributed by atoms with E-state index in [4.69, 9.17) is 31.5 Å². The van der Waals surface area contributed by atoms with Crippen LogP contribution in [-0.2, 0) is 19.0 Å². The first kappa shape index (κ1) is 22.1. The van der Waals surface area contributed by atoms with E-state index in [1.54, 1.807) is 0 Å². The number of carbonyl (C=O) groups excluding carboxylic acids is 1. The first-order chi connectivity index (χ1) is 13.2. The minimum Gasteiger partial charge on any atom is -0.378 e. The summed E-state index contributed by atoms with van der Waals surface area (Å²) in [6.45, 7) is 4.14. The number of hydrogen-bond donors (Lipinski definition) is 2. The number of carbonyl (C=O) groups is 1. The molecule has 6 nitrogen and oxygen atoms in total. The van der Waals surface area contributed by atoms with Crippen molar-refractivity contribution >= 4 is 17.5 Å². The smallest absolute Gasteiger partial charge is 0.223 e. The third-order valence-electron chi connectivity index (χ3n) is 4.71. The highest BCUT2D eigenvalue weighted by atomic mass is 35.5. The van der Waals surface area contributed by atoms with E-state index in [0.717, 1.165) is 29.8 Å². The first-order valence-corrected chi connectivity index (χ1v) is 10.1. The number of halogens is 1.